The minimum atomic E-state index is 0.300. The first kappa shape index (κ1) is 14.8. The van der Waals surface area contributed by atoms with Crippen LogP contribution in [0.25, 0.3) is 5.78 Å². The Morgan fingerprint density at radius 3 is 2.92 bits per heavy atom. The third kappa shape index (κ3) is 2.65. The molecular formula is C20H18N4S. The second kappa shape index (κ2) is 6.10. The maximum atomic E-state index is 4.69. The van der Waals surface area contributed by atoms with E-state index in [1.54, 1.807) is 6.20 Å². The number of rotatable bonds is 3. The van der Waals surface area contributed by atoms with Crippen LogP contribution in [-0.4, -0.2) is 25.8 Å². The van der Waals surface area contributed by atoms with E-state index in [1.807, 2.05) is 28.0 Å². The summed E-state index contributed by atoms with van der Waals surface area (Å²) >= 11 is 1.88. The number of imidazole rings is 1. The molecule has 1 atom stereocenters. The van der Waals surface area contributed by atoms with Crippen LogP contribution in [0.3, 0.4) is 0 Å². The Bertz CT molecular complexity index is 972. The van der Waals surface area contributed by atoms with E-state index in [2.05, 4.69) is 57.9 Å². The molecule has 124 valence electrons. The first-order chi connectivity index (χ1) is 12.4. The largest absolute Gasteiger partial charge is 0.291 e. The maximum absolute atomic E-state index is 4.69. The smallest absolute Gasteiger partial charge is 0.233 e. The molecule has 1 aromatic carbocycles. The fourth-order valence-electron chi connectivity index (χ4n) is 3.73. The van der Waals surface area contributed by atoms with Gasteiger partial charge in [0.25, 0.3) is 0 Å². The molecule has 0 saturated carbocycles. The molecule has 0 N–H and O–H groups in total. The first-order valence-electron chi connectivity index (χ1n) is 8.52. The van der Waals surface area contributed by atoms with Crippen LogP contribution in [0.1, 0.15) is 27.7 Å². The highest BCUT2D eigenvalue weighted by Gasteiger charge is 2.29. The van der Waals surface area contributed by atoms with Crippen LogP contribution in [-0.2, 0) is 13.0 Å². The molecule has 4 aromatic rings. The van der Waals surface area contributed by atoms with Crippen molar-refractivity contribution in [3.63, 3.8) is 0 Å². The Morgan fingerprint density at radius 1 is 1.12 bits per heavy atom. The highest BCUT2D eigenvalue weighted by atomic mass is 32.1. The van der Waals surface area contributed by atoms with Crippen LogP contribution >= 0.6 is 11.3 Å². The Balaban J connectivity index is 1.53. The zero-order chi connectivity index (χ0) is 16.6. The average molecular weight is 346 g/mol. The van der Waals surface area contributed by atoms with Crippen LogP contribution in [0.5, 0.6) is 0 Å². The summed E-state index contributed by atoms with van der Waals surface area (Å²) in [5, 5.41) is 2.22. The van der Waals surface area contributed by atoms with E-state index in [0.717, 1.165) is 31.0 Å². The summed E-state index contributed by atoms with van der Waals surface area (Å²) < 4.78 is 1.99. The van der Waals surface area contributed by atoms with Gasteiger partial charge in [-0.3, -0.25) is 9.30 Å². The quantitative estimate of drug-likeness (QED) is 0.563. The first-order valence-corrected chi connectivity index (χ1v) is 9.40. The zero-order valence-electron chi connectivity index (χ0n) is 13.7. The van der Waals surface area contributed by atoms with Crippen molar-refractivity contribution < 1.29 is 0 Å². The van der Waals surface area contributed by atoms with Gasteiger partial charge in [0, 0.05) is 36.6 Å². The summed E-state index contributed by atoms with van der Waals surface area (Å²) in [6, 6.07) is 15.3. The molecule has 0 unspecified atom stereocenters. The van der Waals surface area contributed by atoms with E-state index < -0.39 is 0 Å². The number of aromatic nitrogens is 3. The molecule has 1 aliphatic heterocycles. The van der Waals surface area contributed by atoms with Gasteiger partial charge < -0.3 is 0 Å². The third-order valence-electron chi connectivity index (χ3n) is 4.83. The molecule has 0 bridgehead atoms. The van der Waals surface area contributed by atoms with E-state index >= 15 is 0 Å². The number of thiophene rings is 1. The molecule has 0 fully saturated rings. The Kier molecular flexibility index (Phi) is 3.61. The van der Waals surface area contributed by atoms with Gasteiger partial charge in [-0.05, 0) is 35.1 Å². The Labute approximate surface area is 150 Å². The van der Waals surface area contributed by atoms with E-state index in [-0.39, 0.29) is 0 Å². The predicted octanol–water partition coefficient (Wildman–Crippen LogP) is 3.94. The van der Waals surface area contributed by atoms with Crippen molar-refractivity contribution in [2.24, 2.45) is 0 Å². The molecule has 1 aliphatic rings. The van der Waals surface area contributed by atoms with E-state index in [4.69, 9.17) is 4.98 Å². The summed E-state index contributed by atoms with van der Waals surface area (Å²) in [6.45, 7) is 1.88. The lowest BCUT2D eigenvalue weighted by Crippen LogP contribution is -2.35. The van der Waals surface area contributed by atoms with Gasteiger partial charge in [0.15, 0.2) is 0 Å². The summed E-state index contributed by atoms with van der Waals surface area (Å²) in [5.74, 6) is 0.766. The van der Waals surface area contributed by atoms with Gasteiger partial charge in [0.05, 0.1) is 11.7 Å². The van der Waals surface area contributed by atoms with Crippen LogP contribution in [0.15, 0.2) is 66.4 Å². The summed E-state index contributed by atoms with van der Waals surface area (Å²) in [7, 11) is 0. The monoisotopic (exact) mass is 346 g/mol. The Hall–Kier alpha value is -2.50. The van der Waals surface area contributed by atoms with Crippen molar-refractivity contribution in [1.29, 1.82) is 0 Å². The molecule has 25 heavy (non-hydrogen) atoms. The molecule has 5 heteroatoms. The second-order valence-corrected chi connectivity index (χ2v) is 7.39. The number of benzene rings is 1. The van der Waals surface area contributed by atoms with Gasteiger partial charge >= 0.3 is 0 Å². The summed E-state index contributed by atoms with van der Waals surface area (Å²) in [4.78, 5) is 13.1. The number of fused-ring (bicyclic) bond motifs is 2. The Morgan fingerprint density at radius 2 is 2.04 bits per heavy atom. The van der Waals surface area contributed by atoms with Crippen molar-refractivity contribution in [3.05, 3.63) is 88.1 Å². The van der Waals surface area contributed by atoms with E-state index in [9.17, 15) is 0 Å². The topological polar surface area (TPSA) is 33.4 Å². The summed E-state index contributed by atoms with van der Waals surface area (Å²) in [6.07, 6.45) is 6.99. The highest BCUT2D eigenvalue weighted by Crippen LogP contribution is 2.38. The van der Waals surface area contributed by atoms with Crippen LogP contribution in [0.4, 0.5) is 0 Å². The van der Waals surface area contributed by atoms with Crippen LogP contribution < -0.4 is 0 Å². The number of nitrogens with zero attached hydrogens (tertiary/aromatic N) is 4. The lowest BCUT2D eigenvalue weighted by molar-refractivity contribution is 0.204. The van der Waals surface area contributed by atoms with Crippen molar-refractivity contribution in [3.8, 4) is 0 Å². The van der Waals surface area contributed by atoms with Gasteiger partial charge in [0.1, 0.15) is 0 Å². The summed E-state index contributed by atoms with van der Waals surface area (Å²) in [5.41, 5.74) is 3.87. The normalized spacial score (nSPS) is 17.7. The van der Waals surface area contributed by atoms with Crippen LogP contribution in [0.2, 0.25) is 0 Å². The van der Waals surface area contributed by atoms with Gasteiger partial charge in [0.2, 0.25) is 5.78 Å². The molecule has 0 saturated heterocycles. The van der Waals surface area contributed by atoms with Gasteiger partial charge in [-0.25, -0.2) is 9.97 Å². The minimum absolute atomic E-state index is 0.300. The van der Waals surface area contributed by atoms with Crippen molar-refractivity contribution in [2.45, 2.75) is 19.0 Å². The SMILES string of the molecule is c1ccc([C@@H]2c3ccsc3CCN2Cc2cn3cccnc3n2)cc1. The van der Waals surface area contributed by atoms with E-state index in [1.165, 1.54) is 16.0 Å². The minimum Gasteiger partial charge on any atom is -0.291 e. The van der Waals surface area contributed by atoms with E-state index in [0.29, 0.717) is 6.04 Å². The molecular weight excluding hydrogens is 328 g/mol. The number of hydrogen-bond acceptors (Lipinski definition) is 4. The zero-order valence-corrected chi connectivity index (χ0v) is 14.6. The van der Waals surface area contributed by atoms with Gasteiger partial charge in [-0.15, -0.1) is 11.3 Å². The maximum Gasteiger partial charge on any atom is 0.233 e. The average Bonchev–Trinajstić information content (AvgIpc) is 3.28. The standard InChI is InChI=1S/C20H18N4S/c1-2-5-15(6-3-1)19-17-8-12-25-18(17)7-11-23(19)13-16-14-24-10-4-9-21-20(24)22-16/h1-6,8-10,12,14,19H,7,11,13H2/t19-/m1/s1. The molecule has 0 aliphatic carbocycles. The molecule has 0 radical (unpaired) electrons. The lowest BCUT2D eigenvalue weighted by Gasteiger charge is -2.35. The lowest BCUT2D eigenvalue weighted by atomic mass is 9.93. The third-order valence-corrected chi connectivity index (χ3v) is 5.83. The molecule has 3 aromatic heterocycles. The van der Waals surface area contributed by atoms with Gasteiger partial charge in [-0.2, -0.15) is 0 Å². The number of hydrogen-bond donors (Lipinski definition) is 0. The highest BCUT2D eigenvalue weighted by molar-refractivity contribution is 7.10. The predicted molar refractivity (Wildman–Crippen MR) is 99.7 cm³/mol. The van der Waals surface area contributed by atoms with Crippen molar-refractivity contribution >= 4 is 17.1 Å². The fourth-order valence-corrected chi connectivity index (χ4v) is 4.63. The fraction of sp³-hybridized carbons (Fsp3) is 0.200. The molecule has 4 heterocycles. The van der Waals surface area contributed by atoms with Crippen molar-refractivity contribution in [1.82, 2.24) is 19.3 Å². The van der Waals surface area contributed by atoms with Crippen LogP contribution in [0, 0.1) is 0 Å². The van der Waals surface area contributed by atoms with Gasteiger partial charge in [-0.1, -0.05) is 30.3 Å². The molecule has 0 spiro atoms. The van der Waals surface area contributed by atoms with Crippen molar-refractivity contribution in [2.75, 3.05) is 6.54 Å². The second-order valence-electron chi connectivity index (χ2n) is 6.39. The molecule has 5 rings (SSSR count). The molecule has 0 amide bonds. The molecule has 4 nitrogen and oxygen atoms in total.